The van der Waals surface area contributed by atoms with Crippen molar-refractivity contribution in [3.8, 4) is 0 Å². The third-order valence-corrected chi connectivity index (χ3v) is 7.52. The zero-order valence-electron chi connectivity index (χ0n) is 9.48. The summed E-state index contributed by atoms with van der Waals surface area (Å²) in [4.78, 5) is 11.9. The van der Waals surface area contributed by atoms with E-state index in [9.17, 15) is 4.79 Å². The molecule has 0 aliphatic rings. The van der Waals surface area contributed by atoms with E-state index in [-0.39, 0.29) is 5.91 Å². The minimum atomic E-state index is -1.42. The van der Waals surface area contributed by atoms with Crippen LogP contribution < -0.4 is 9.82 Å². The quantitative estimate of drug-likeness (QED) is 0.855. The van der Waals surface area contributed by atoms with E-state index in [2.05, 4.69) is 40.9 Å². The monoisotopic (exact) mass is 305 g/mol. The highest BCUT2D eigenvalue weighted by Crippen LogP contribution is 2.23. The first-order chi connectivity index (χ1) is 6.88. The van der Waals surface area contributed by atoms with Gasteiger partial charge in [-0.2, -0.15) is 11.3 Å². The number of hydrogen-bond acceptors (Lipinski definition) is 2. The van der Waals surface area contributed by atoms with Crippen LogP contribution in [0.25, 0.3) is 0 Å². The number of carbonyl (C=O) groups is 1. The van der Waals surface area contributed by atoms with Crippen molar-refractivity contribution in [3.63, 3.8) is 0 Å². The lowest BCUT2D eigenvalue weighted by atomic mass is 10.3. The zero-order valence-corrected chi connectivity index (χ0v) is 12.9. The van der Waals surface area contributed by atoms with Gasteiger partial charge < -0.3 is 5.32 Å². The highest BCUT2D eigenvalue weighted by molar-refractivity contribution is 9.10. The molecule has 0 spiro atoms. The van der Waals surface area contributed by atoms with Crippen LogP contribution in [0.2, 0.25) is 19.6 Å². The zero-order chi connectivity index (χ0) is 11.6. The molecule has 0 fully saturated rings. The minimum absolute atomic E-state index is 0.0445. The van der Waals surface area contributed by atoms with Crippen LogP contribution >= 0.6 is 27.3 Å². The van der Waals surface area contributed by atoms with Gasteiger partial charge in [-0.25, -0.2) is 0 Å². The molecule has 0 bridgehead atoms. The Morgan fingerprint density at radius 2 is 2.13 bits per heavy atom. The summed E-state index contributed by atoms with van der Waals surface area (Å²) in [6.45, 7) is 9.38. The van der Waals surface area contributed by atoms with E-state index >= 15 is 0 Å². The van der Waals surface area contributed by atoms with Crippen molar-refractivity contribution in [2.24, 2.45) is 0 Å². The lowest BCUT2D eigenvalue weighted by molar-refractivity contribution is 0.0956. The number of hydrogen-bond donors (Lipinski definition) is 1. The summed E-state index contributed by atoms with van der Waals surface area (Å²) in [5.74, 6) is 0.0445. The normalized spacial score (nSPS) is 11.5. The number of carbonyl (C=O) groups excluding carboxylic acids is 1. The van der Waals surface area contributed by atoms with Crippen molar-refractivity contribution in [1.29, 1.82) is 0 Å². The molecule has 0 aliphatic heterocycles. The van der Waals surface area contributed by atoms with Gasteiger partial charge in [0.05, 0.1) is 13.6 Å². The summed E-state index contributed by atoms with van der Waals surface area (Å²) in [5, 5.41) is 4.87. The molecule has 1 amide bonds. The van der Waals surface area contributed by atoms with E-state index < -0.39 is 8.07 Å². The largest absolute Gasteiger partial charge is 0.352 e. The van der Waals surface area contributed by atoms with Crippen molar-refractivity contribution in [2.45, 2.75) is 26.6 Å². The lowest BCUT2D eigenvalue weighted by Crippen LogP contribution is -2.41. The smallest absolute Gasteiger partial charge is 0.253 e. The molecule has 0 aliphatic carbocycles. The molecule has 2 nitrogen and oxygen atoms in total. The summed E-state index contributed by atoms with van der Waals surface area (Å²) in [6.07, 6.45) is 0. The molecule has 0 saturated heterocycles. The topological polar surface area (TPSA) is 29.1 Å². The van der Waals surface area contributed by atoms with Crippen LogP contribution in [0.15, 0.2) is 9.85 Å². The average molecular weight is 306 g/mol. The SMILES string of the molecule is CCNC(=O)c1c(Br)csc1[Si](C)(C)C. The second-order valence-electron chi connectivity index (χ2n) is 4.40. The fourth-order valence-corrected chi connectivity index (χ4v) is 5.57. The Morgan fingerprint density at radius 3 is 2.60 bits per heavy atom. The molecule has 1 rings (SSSR count). The molecule has 1 aromatic heterocycles. The van der Waals surface area contributed by atoms with Crippen LogP contribution in [-0.4, -0.2) is 20.5 Å². The van der Waals surface area contributed by atoms with E-state index in [4.69, 9.17) is 0 Å². The Labute approximate surface area is 104 Å². The van der Waals surface area contributed by atoms with Crippen molar-refractivity contribution in [1.82, 2.24) is 5.32 Å². The summed E-state index contributed by atoms with van der Waals surface area (Å²) in [7, 11) is -1.42. The van der Waals surface area contributed by atoms with Gasteiger partial charge in [0.2, 0.25) is 0 Å². The van der Waals surface area contributed by atoms with E-state index in [1.54, 1.807) is 11.3 Å². The van der Waals surface area contributed by atoms with Crippen LogP contribution in [0, 0.1) is 0 Å². The van der Waals surface area contributed by atoms with Crippen molar-refractivity contribution < 1.29 is 4.79 Å². The molecule has 1 aromatic rings. The number of halogens is 1. The molecule has 1 N–H and O–H groups in total. The van der Waals surface area contributed by atoms with Crippen LogP contribution in [0.5, 0.6) is 0 Å². The molecule has 0 atom stereocenters. The molecule has 0 saturated carbocycles. The van der Waals surface area contributed by atoms with Crippen LogP contribution in [0.1, 0.15) is 17.3 Å². The molecule has 0 radical (unpaired) electrons. The van der Waals surface area contributed by atoms with Crippen LogP contribution in [0.4, 0.5) is 0 Å². The average Bonchev–Trinajstić information content (AvgIpc) is 2.46. The Hall–Kier alpha value is -0.133. The predicted octanol–water partition coefficient (Wildman–Crippen LogP) is 2.81. The molecule has 0 unspecified atom stereocenters. The van der Waals surface area contributed by atoms with Gasteiger partial charge in [-0.05, 0) is 22.9 Å². The molecule has 1 heterocycles. The number of thiophene rings is 1. The summed E-state index contributed by atoms with van der Waals surface area (Å²) < 4.78 is 2.19. The van der Waals surface area contributed by atoms with Gasteiger partial charge in [-0.3, -0.25) is 4.79 Å². The first kappa shape index (κ1) is 12.9. The number of amides is 1. The third kappa shape index (κ3) is 2.92. The fourth-order valence-electron chi connectivity index (χ4n) is 1.35. The van der Waals surface area contributed by atoms with Gasteiger partial charge in [0.15, 0.2) is 0 Å². The van der Waals surface area contributed by atoms with Crippen molar-refractivity contribution in [3.05, 3.63) is 15.4 Å². The summed E-state index contributed by atoms with van der Waals surface area (Å²) in [5.41, 5.74) is 0.848. The molecule has 15 heavy (non-hydrogen) atoms. The molecule has 84 valence electrons. The Kier molecular flexibility index (Phi) is 4.14. The second-order valence-corrected chi connectivity index (χ2v) is 11.5. The first-order valence-corrected chi connectivity index (χ1v) is 10.1. The molecular weight excluding hydrogens is 290 g/mol. The van der Waals surface area contributed by atoms with Crippen LogP contribution in [0.3, 0.4) is 0 Å². The van der Waals surface area contributed by atoms with E-state index in [0.717, 1.165) is 10.0 Å². The Morgan fingerprint density at radius 1 is 1.53 bits per heavy atom. The summed E-state index contributed by atoms with van der Waals surface area (Å²) >= 11 is 5.14. The van der Waals surface area contributed by atoms with E-state index in [0.29, 0.717) is 6.54 Å². The van der Waals surface area contributed by atoms with Gasteiger partial charge in [0, 0.05) is 20.9 Å². The maximum Gasteiger partial charge on any atom is 0.253 e. The van der Waals surface area contributed by atoms with Crippen molar-refractivity contribution >= 4 is 45.7 Å². The maximum atomic E-state index is 11.9. The number of nitrogens with one attached hydrogen (secondary N) is 1. The number of rotatable bonds is 3. The minimum Gasteiger partial charge on any atom is -0.352 e. The van der Waals surface area contributed by atoms with Gasteiger partial charge in [0.1, 0.15) is 0 Å². The third-order valence-electron chi connectivity index (χ3n) is 1.99. The van der Waals surface area contributed by atoms with Gasteiger partial charge >= 0.3 is 0 Å². The van der Waals surface area contributed by atoms with Gasteiger partial charge in [-0.1, -0.05) is 19.6 Å². The fraction of sp³-hybridized carbons (Fsp3) is 0.500. The standard InChI is InChI=1S/C10H16BrNOSSi/c1-5-12-9(13)8-7(11)6-14-10(8)15(2,3)4/h6H,5H2,1-4H3,(H,12,13). The first-order valence-electron chi connectivity index (χ1n) is 4.93. The molecule has 0 aromatic carbocycles. The molecule has 5 heteroatoms. The maximum absolute atomic E-state index is 11.9. The van der Waals surface area contributed by atoms with Gasteiger partial charge in [-0.15, -0.1) is 0 Å². The molecular formula is C10H16BrNOSSi. The Bertz CT molecular complexity index is 370. The highest BCUT2D eigenvalue weighted by atomic mass is 79.9. The van der Waals surface area contributed by atoms with Gasteiger partial charge in [0.25, 0.3) is 5.91 Å². The summed E-state index contributed by atoms with van der Waals surface area (Å²) in [6, 6.07) is 0. The predicted molar refractivity (Wildman–Crippen MR) is 73.0 cm³/mol. The van der Waals surface area contributed by atoms with E-state index in [1.807, 2.05) is 12.3 Å². The van der Waals surface area contributed by atoms with Crippen LogP contribution in [-0.2, 0) is 0 Å². The van der Waals surface area contributed by atoms with Crippen molar-refractivity contribution in [2.75, 3.05) is 6.54 Å². The highest BCUT2D eigenvalue weighted by Gasteiger charge is 2.27. The second kappa shape index (κ2) is 4.80. The Balaban J connectivity index is 3.16. The lowest BCUT2D eigenvalue weighted by Gasteiger charge is -2.16. The van der Waals surface area contributed by atoms with E-state index in [1.165, 1.54) is 4.50 Å².